The van der Waals surface area contributed by atoms with Crippen LogP contribution in [0.5, 0.6) is 0 Å². The first-order valence-electron chi connectivity index (χ1n) is 14.5. The molecule has 7 heteroatoms. The van der Waals surface area contributed by atoms with Crippen molar-refractivity contribution in [1.82, 2.24) is 14.5 Å². The number of benzene rings is 4. The van der Waals surface area contributed by atoms with E-state index in [1.807, 2.05) is 60.9 Å². The van der Waals surface area contributed by atoms with Crippen LogP contribution in [0.1, 0.15) is 5.56 Å². The van der Waals surface area contributed by atoms with Gasteiger partial charge in [0, 0.05) is 24.0 Å². The molecule has 0 radical (unpaired) electrons. The molecule has 9 rings (SSSR count). The van der Waals surface area contributed by atoms with E-state index >= 15 is 0 Å². The van der Waals surface area contributed by atoms with Crippen molar-refractivity contribution < 1.29 is 17.0 Å². The molecule has 0 N–H and O–H groups in total. The lowest BCUT2D eigenvalue weighted by Crippen LogP contribution is -3.00. The van der Waals surface area contributed by atoms with Crippen LogP contribution < -0.4 is 26.8 Å². The van der Waals surface area contributed by atoms with Crippen LogP contribution in [0.4, 0.5) is 22.9 Å². The minimum atomic E-state index is 0. The van der Waals surface area contributed by atoms with Gasteiger partial charge in [-0.1, -0.05) is 72.8 Å². The molecule has 2 aliphatic rings. The summed E-state index contributed by atoms with van der Waals surface area (Å²) in [6.45, 7) is 0. The number of anilines is 4. The molecule has 44 heavy (non-hydrogen) atoms. The van der Waals surface area contributed by atoms with Gasteiger partial charge >= 0.3 is 5.65 Å². The van der Waals surface area contributed by atoms with Gasteiger partial charge in [0.1, 0.15) is 23.7 Å². The number of hydrogen-bond acceptors (Lipinski definition) is 4. The molecule has 0 amide bonds. The molecule has 1 atom stereocenters. The fraction of sp³-hybridized carbons (Fsp3) is 0.0541. The summed E-state index contributed by atoms with van der Waals surface area (Å²) in [4.78, 5) is 14.0. The molecule has 0 saturated carbocycles. The third-order valence-electron chi connectivity index (χ3n) is 8.09. The first-order valence-corrected chi connectivity index (χ1v) is 14.5. The quantitative estimate of drug-likeness (QED) is 0.282. The topological polar surface area (TPSA) is 41.1 Å². The Hall–Kier alpha value is -5.46. The Morgan fingerprint density at radius 3 is 1.95 bits per heavy atom. The van der Waals surface area contributed by atoms with Gasteiger partial charge in [-0.2, -0.15) is 4.57 Å². The van der Waals surface area contributed by atoms with Gasteiger partial charge in [0.05, 0.1) is 5.69 Å². The number of imidazole rings is 1. The number of rotatable bonds is 3. The summed E-state index contributed by atoms with van der Waals surface area (Å²) in [7, 11) is 0. The SMILES string of the molecule is [Cl-].c1ccc(-n2c[n+](-c3ccccc3)c3ncccc32)cc1.c1ccc(N2c3cccnc3N3c4ccccc4CC23)cc1. The molecular formula is C37H29ClN6. The highest BCUT2D eigenvalue weighted by Gasteiger charge is 2.43. The maximum atomic E-state index is 4.66. The Labute approximate surface area is 262 Å². The molecule has 0 aliphatic carbocycles. The van der Waals surface area contributed by atoms with Gasteiger partial charge in [0.2, 0.25) is 6.33 Å². The predicted octanol–water partition coefficient (Wildman–Crippen LogP) is 4.56. The molecule has 0 bridgehead atoms. The molecule has 214 valence electrons. The fourth-order valence-electron chi connectivity index (χ4n) is 6.22. The lowest BCUT2D eigenvalue weighted by Gasteiger charge is -2.27. The maximum Gasteiger partial charge on any atom is 0.307 e. The summed E-state index contributed by atoms with van der Waals surface area (Å²) in [5.41, 5.74) is 9.36. The molecule has 5 heterocycles. The Bertz CT molecular complexity index is 1940. The van der Waals surface area contributed by atoms with E-state index in [9.17, 15) is 0 Å². The highest BCUT2D eigenvalue weighted by molar-refractivity contribution is 5.88. The van der Waals surface area contributed by atoms with Crippen molar-refractivity contribution in [3.05, 3.63) is 164 Å². The highest BCUT2D eigenvalue weighted by Crippen LogP contribution is 2.51. The van der Waals surface area contributed by atoms with Crippen molar-refractivity contribution in [1.29, 1.82) is 0 Å². The molecule has 0 spiro atoms. The zero-order valence-electron chi connectivity index (χ0n) is 23.9. The van der Waals surface area contributed by atoms with Crippen LogP contribution >= 0.6 is 0 Å². The molecule has 1 unspecified atom stereocenters. The molecule has 0 fully saturated rings. The summed E-state index contributed by atoms with van der Waals surface area (Å²) < 4.78 is 4.28. The van der Waals surface area contributed by atoms with Crippen LogP contribution in [-0.4, -0.2) is 20.7 Å². The lowest BCUT2D eigenvalue weighted by atomic mass is 10.1. The van der Waals surface area contributed by atoms with Gasteiger partial charge in [0.15, 0.2) is 11.3 Å². The fourth-order valence-corrected chi connectivity index (χ4v) is 6.22. The Morgan fingerprint density at radius 1 is 0.568 bits per heavy atom. The van der Waals surface area contributed by atoms with E-state index in [1.165, 1.54) is 22.6 Å². The zero-order valence-corrected chi connectivity index (χ0v) is 24.6. The monoisotopic (exact) mass is 592 g/mol. The first-order chi connectivity index (χ1) is 21.4. The third-order valence-corrected chi connectivity index (χ3v) is 8.09. The second-order valence-electron chi connectivity index (χ2n) is 10.6. The van der Waals surface area contributed by atoms with Gasteiger partial charge in [0.25, 0.3) is 0 Å². The number of fused-ring (bicyclic) bond motifs is 6. The number of nitrogens with zero attached hydrogens (tertiary/aromatic N) is 6. The Kier molecular flexibility index (Phi) is 7.26. The largest absolute Gasteiger partial charge is 1.00 e. The predicted molar refractivity (Wildman–Crippen MR) is 171 cm³/mol. The third kappa shape index (κ3) is 4.66. The van der Waals surface area contributed by atoms with Crippen molar-refractivity contribution in [2.75, 3.05) is 9.80 Å². The summed E-state index contributed by atoms with van der Waals surface area (Å²) in [5.74, 6) is 1.06. The second kappa shape index (κ2) is 11.7. The van der Waals surface area contributed by atoms with Crippen molar-refractivity contribution in [2.45, 2.75) is 12.6 Å². The van der Waals surface area contributed by atoms with Crippen LogP contribution in [-0.2, 0) is 6.42 Å². The first kappa shape index (κ1) is 27.4. The van der Waals surface area contributed by atoms with Crippen molar-refractivity contribution in [3.8, 4) is 11.4 Å². The van der Waals surface area contributed by atoms with Crippen LogP contribution in [0.2, 0.25) is 0 Å². The van der Waals surface area contributed by atoms with E-state index in [-0.39, 0.29) is 18.6 Å². The van der Waals surface area contributed by atoms with Crippen molar-refractivity contribution in [2.24, 2.45) is 0 Å². The molecule has 3 aromatic heterocycles. The summed E-state index contributed by atoms with van der Waals surface area (Å²) >= 11 is 0. The summed E-state index contributed by atoms with van der Waals surface area (Å²) in [6, 6.07) is 48.1. The number of para-hydroxylation sites is 4. The average Bonchev–Trinajstić information content (AvgIpc) is 3.75. The summed E-state index contributed by atoms with van der Waals surface area (Å²) in [6.07, 6.45) is 7.09. The number of halogens is 1. The van der Waals surface area contributed by atoms with Gasteiger partial charge in [-0.25, -0.2) is 9.55 Å². The van der Waals surface area contributed by atoms with Gasteiger partial charge in [-0.3, -0.25) is 0 Å². The van der Waals surface area contributed by atoms with E-state index in [2.05, 4.69) is 126 Å². The smallest absolute Gasteiger partial charge is 0.307 e. The lowest BCUT2D eigenvalue weighted by molar-refractivity contribution is -0.570. The number of hydrogen-bond donors (Lipinski definition) is 0. The van der Waals surface area contributed by atoms with Gasteiger partial charge in [-0.05, 0) is 72.3 Å². The molecular weight excluding hydrogens is 564 g/mol. The van der Waals surface area contributed by atoms with Crippen LogP contribution in [0.15, 0.2) is 158 Å². The van der Waals surface area contributed by atoms with E-state index < -0.39 is 0 Å². The molecule has 2 aliphatic heterocycles. The number of aromatic nitrogens is 4. The summed E-state index contributed by atoms with van der Waals surface area (Å²) in [5, 5.41) is 0. The van der Waals surface area contributed by atoms with Crippen LogP contribution in [0, 0.1) is 0 Å². The normalized spacial score (nSPS) is 14.2. The standard InChI is InChI=1S/C19H15N3.C18H14N3.ClH/c1-2-8-15(9-3-1)21-17-11-6-12-20-19(17)22-16-10-5-4-7-14(16)13-18(21)22;1-3-8-15(9-4-1)20-14-21(16-10-5-2-6-11-16)18-17(20)12-7-13-19-18;/h1-12,18H,13H2;1-14H;1H/q;+1;/p-1. The van der Waals surface area contributed by atoms with E-state index in [4.69, 9.17) is 0 Å². The Balaban J connectivity index is 0.000000139. The van der Waals surface area contributed by atoms with Crippen molar-refractivity contribution >= 4 is 34.0 Å². The number of pyridine rings is 2. The van der Waals surface area contributed by atoms with Crippen LogP contribution in [0.3, 0.4) is 0 Å². The van der Waals surface area contributed by atoms with Gasteiger partial charge in [-0.15, -0.1) is 4.98 Å². The van der Waals surface area contributed by atoms with E-state index in [1.54, 1.807) is 0 Å². The van der Waals surface area contributed by atoms with Crippen LogP contribution in [0.25, 0.3) is 22.5 Å². The van der Waals surface area contributed by atoms with Crippen molar-refractivity contribution in [3.63, 3.8) is 0 Å². The molecule has 0 saturated heterocycles. The minimum absolute atomic E-state index is 0. The maximum absolute atomic E-state index is 4.66. The van der Waals surface area contributed by atoms with E-state index in [0.717, 1.165) is 34.8 Å². The second-order valence-corrected chi connectivity index (χ2v) is 10.6. The highest BCUT2D eigenvalue weighted by atomic mass is 35.5. The Morgan fingerprint density at radius 2 is 1.18 bits per heavy atom. The van der Waals surface area contributed by atoms with E-state index in [0.29, 0.717) is 0 Å². The molecule has 6 nitrogen and oxygen atoms in total. The van der Waals surface area contributed by atoms with Gasteiger partial charge < -0.3 is 22.2 Å². The minimum Gasteiger partial charge on any atom is -1.00 e. The molecule has 4 aromatic carbocycles. The average molecular weight is 593 g/mol. The zero-order chi connectivity index (χ0) is 28.6. The molecule has 7 aromatic rings.